The van der Waals surface area contributed by atoms with Crippen molar-refractivity contribution >= 4 is 21.6 Å². The first-order chi connectivity index (χ1) is 10.4. The Morgan fingerprint density at radius 1 is 1.36 bits per heavy atom. The summed E-state index contributed by atoms with van der Waals surface area (Å²) in [5.41, 5.74) is 0.579. The summed E-state index contributed by atoms with van der Waals surface area (Å²) < 4.78 is 35.0. The Balaban J connectivity index is 2.26. The molecule has 0 saturated carbocycles. The summed E-state index contributed by atoms with van der Waals surface area (Å²) >= 11 is 0. The predicted molar refractivity (Wildman–Crippen MR) is 79.5 cm³/mol. The van der Waals surface area contributed by atoms with Gasteiger partial charge in [0.05, 0.1) is 12.8 Å². The predicted octanol–water partition coefficient (Wildman–Crippen LogP) is 1.79. The molecule has 118 valence electrons. The number of ether oxygens (including phenoxy) is 1. The fraction of sp³-hybridized carbons (Fsp3) is 0.286. The lowest BCUT2D eigenvalue weighted by atomic mass is 10.3. The fourth-order valence-corrected chi connectivity index (χ4v) is 3.25. The van der Waals surface area contributed by atoms with Crippen molar-refractivity contribution in [2.45, 2.75) is 24.0 Å². The molecule has 8 heteroatoms. The number of aryl methyl sites for hydroxylation is 1. The van der Waals surface area contributed by atoms with Gasteiger partial charge < -0.3 is 9.26 Å². The molecule has 22 heavy (non-hydrogen) atoms. The Labute approximate surface area is 128 Å². The number of nitrogens with zero attached hydrogens (tertiary/aromatic N) is 1. The molecular weight excluding hydrogens is 308 g/mol. The summed E-state index contributed by atoms with van der Waals surface area (Å²) in [6.45, 7) is 2.99. The lowest BCUT2D eigenvalue weighted by Gasteiger charge is -2.14. The Morgan fingerprint density at radius 2 is 2.05 bits per heavy atom. The maximum atomic E-state index is 12.6. The number of carbonyl (C=O) groups is 1. The van der Waals surface area contributed by atoms with E-state index in [1.165, 1.54) is 32.2 Å². The molecule has 1 atom stereocenters. The van der Waals surface area contributed by atoms with Gasteiger partial charge in [-0.05, 0) is 26.0 Å². The zero-order valence-electron chi connectivity index (χ0n) is 12.4. The first-order valence-electron chi connectivity index (χ1n) is 6.47. The number of sulfone groups is 1. The topological polar surface area (TPSA) is 98.5 Å². The van der Waals surface area contributed by atoms with Crippen LogP contribution in [0.15, 0.2) is 39.8 Å². The molecule has 0 unspecified atom stereocenters. The summed E-state index contributed by atoms with van der Waals surface area (Å²) in [6, 6.07) is 7.65. The van der Waals surface area contributed by atoms with E-state index in [4.69, 9.17) is 9.26 Å². The highest BCUT2D eigenvalue weighted by Crippen LogP contribution is 2.27. The van der Waals surface area contributed by atoms with Crippen molar-refractivity contribution in [3.63, 3.8) is 0 Å². The number of aromatic nitrogens is 1. The van der Waals surface area contributed by atoms with E-state index < -0.39 is 21.0 Å². The molecule has 0 bridgehead atoms. The lowest BCUT2D eigenvalue weighted by molar-refractivity contribution is -0.115. The molecule has 0 aliphatic carbocycles. The highest BCUT2D eigenvalue weighted by molar-refractivity contribution is 7.93. The van der Waals surface area contributed by atoms with Crippen LogP contribution in [0.5, 0.6) is 5.75 Å². The number of anilines is 1. The van der Waals surface area contributed by atoms with E-state index in [0.717, 1.165) is 0 Å². The SMILES string of the molecule is COc1ccccc1S(=O)(=O)[C@H](C)C(=O)Nc1cc(C)no1. The second kappa shape index (κ2) is 6.18. The van der Waals surface area contributed by atoms with E-state index in [9.17, 15) is 13.2 Å². The van der Waals surface area contributed by atoms with Crippen LogP contribution in [0, 0.1) is 6.92 Å². The summed E-state index contributed by atoms with van der Waals surface area (Å²) in [5, 5.41) is 4.69. The van der Waals surface area contributed by atoms with Crippen molar-refractivity contribution in [2.24, 2.45) is 0 Å². The lowest BCUT2D eigenvalue weighted by Crippen LogP contribution is -2.32. The number of benzene rings is 1. The zero-order valence-corrected chi connectivity index (χ0v) is 13.2. The van der Waals surface area contributed by atoms with Gasteiger partial charge in [0, 0.05) is 6.07 Å². The van der Waals surface area contributed by atoms with Crippen LogP contribution in [0.25, 0.3) is 0 Å². The van der Waals surface area contributed by atoms with Crippen LogP contribution < -0.4 is 10.1 Å². The first-order valence-corrected chi connectivity index (χ1v) is 8.02. The molecule has 1 amide bonds. The van der Waals surface area contributed by atoms with Crippen LogP contribution in [-0.2, 0) is 14.6 Å². The minimum atomic E-state index is -3.89. The Hall–Kier alpha value is -2.35. The van der Waals surface area contributed by atoms with E-state index in [2.05, 4.69) is 10.5 Å². The van der Waals surface area contributed by atoms with Crippen molar-refractivity contribution in [1.29, 1.82) is 0 Å². The molecule has 0 spiro atoms. The number of para-hydroxylation sites is 1. The van der Waals surface area contributed by atoms with Gasteiger partial charge in [-0.1, -0.05) is 17.3 Å². The van der Waals surface area contributed by atoms with Crippen LogP contribution in [0.3, 0.4) is 0 Å². The maximum absolute atomic E-state index is 12.6. The van der Waals surface area contributed by atoms with E-state index in [1.807, 2.05) is 0 Å². The van der Waals surface area contributed by atoms with Gasteiger partial charge in [-0.3, -0.25) is 10.1 Å². The molecule has 0 fully saturated rings. The number of rotatable bonds is 5. The van der Waals surface area contributed by atoms with Gasteiger partial charge >= 0.3 is 0 Å². The number of carbonyl (C=O) groups excluding carboxylic acids is 1. The summed E-state index contributed by atoms with van der Waals surface area (Å²) in [6.07, 6.45) is 0. The highest BCUT2D eigenvalue weighted by atomic mass is 32.2. The Morgan fingerprint density at radius 3 is 2.64 bits per heavy atom. The standard InChI is InChI=1S/C14H16N2O5S/c1-9-8-13(21-16-9)15-14(17)10(2)22(18,19)12-7-5-4-6-11(12)20-3/h4-8,10H,1-3H3,(H,15,17)/t10-/m1/s1. The van der Waals surface area contributed by atoms with Crippen LogP contribution in [0.1, 0.15) is 12.6 Å². The smallest absolute Gasteiger partial charge is 0.245 e. The second-order valence-corrected chi connectivity index (χ2v) is 6.90. The minimum Gasteiger partial charge on any atom is -0.495 e. The number of hydrogen-bond acceptors (Lipinski definition) is 6. The molecule has 0 saturated heterocycles. The van der Waals surface area contributed by atoms with Crippen molar-refractivity contribution in [3.05, 3.63) is 36.0 Å². The molecular formula is C14H16N2O5S. The van der Waals surface area contributed by atoms with Crippen molar-refractivity contribution in [1.82, 2.24) is 5.16 Å². The third kappa shape index (κ3) is 3.11. The zero-order chi connectivity index (χ0) is 16.3. The van der Waals surface area contributed by atoms with Gasteiger partial charge in [0.1, 0.15) is 15.9 Å². The van der Waals surface area contributed by atoms with Gasteiger partial charge in [-0.25, -0.2) is 8.42 Å². The van der Waals surface area contributed by atoms with Crippen LogP contribution in [0.4, 0.5) is 5.88 Å². The Kier molecular flexibility index (Phi) is 4.51. The molecule has 2 aromatic rings. The van der Waals surface area contributed by atoms with E-state index in [-0.39, 0.29) is 16.5 Å². The van der Waals surface area contributed by atoms with E-state index in [1.54, 1.807) is 19.1 Å². The van der Waals surface area contributed by atoms with E-state index in [0.29, 0.717) is 5.69 Å². The van der Waals surface area contributed by atoms with E-state index >= 15 is 0 Å². The van der Waals surface area contributed by atoms with Crippen LogP contribution in [0.2, 0.25) is 0 Å². The third-order valence-electron chi connectivity index (χ3n) is 3.08. The van der Waals surface area contributed by atoms with Gasteiger partial charge in [-0.2, -0.15) is 0 Å². The largest absolute Gasteiger partial charge is 0.495 e. The Bertz CT molecular complexity index is 782. The molecule has 1 heterocycles. The third-order valence-corrected chi connectivity index (χ3v) is 5.18. The highest BCUT2D eigenvalue weighted by Gasteiger charge is 2.32. The number of nitrogens with one attached hydrogen (secondary N) is 1. The number of hydrogen-bond donors (Lipinski definition) is 1. The molecule has 1 aromatic heterocycles. The minimum absolute atomic E-state index is 0.0334. The molecule has 1 aromatic carbocycles. The summed E-state index contributed by atoms with van der Waals surface area (Å²) in [4.78, 5) is 12.1. The van der Waals surface area contributed by atoms with Crippen molar-refractivity contribution in [2.75, 3.05) is 12.4 Å². The van der Waals surface area contributed by atoms with Gasteiger partial charge in [-0.15, -0.1) is 0 Å². The van der Waals surface area contributed by atoms with Crippen molar-refractivity contribution < 1.29 is 22.5 Å². The van der Waals surface area contributed by atoms with Gasteiger partial charge in [0.2, 0.25) is 11.8 Å². The number of methoxy groups -OCH3 is 1. The molecule has 1 N–H and O–H groups in total. The second-order valence-electron chi connectivity index (χ2n) is 4.66. The average Bonchev–Trinajstić information content (AvgIpc) is 2.91. The monoisotopic (exact) mass is 324 g/mol. The van der Waals surface area contributed by atoms with Gasteiger partial charge in [0.25, 0.3) is 0 Å². The van der Waals surface area contributed by atoms with Crippen LogP contribution >= 0.6 is 0 Å². The van der Waals surface area contributed by atoms with Crippen molar-refractivity contribution in [3.8, 4) is 5.75 Å². The normalized spacial score (nSPS) is 12.7. The molecule has 0 radical (unpaired) electrons. The maximum Gasteiger partial charge on any atom is 0.245 e. The van der Waals surface area contributed by atoms with Crippen LogP contribution in [-0.4, -0.2) is 31.8 Å². The molecule has 2 rings (SSSR count). The molecule has 0 aliphatic heterocycles. The fourth-order valence-electron chi connectivity index (χ4n) is 1.83. The molecule has 7 nitrogen and oxygen atoms in total. The first kappa shape index (κ1) is 16.0. The van der Waals surface area contributed by atoms with Gasteiger partial charge in [0.15, 0.2) is 9.84 Å². The number of amides is 1. The average molecular weight is 324 g/mol. The quantitative estimate of drug-likeness (QED) is 0.900. The summed E-state index contributed by atoms with van der Waals surface area (Å²) in [5.74, 6) is -0.413. The molecule has 0 aliphatic rings. The summed E-state index contributed by atoms with van der Waals surface area (Å²) in [7, 11) is -2.52.